The third-order valence-corrected chi connectivity index (χ3v) is 6.70. The van der Waals surface area contributed by atoms with Gasteiger partial charge in [0.2, 0.25) is 5.72 Å². The van der Waals surface area contributed by atoms with E-state index in [0.29, 0.717) is 32.5 Å². The number of nitrogens with zero attached hydrogens (tertiary/aromatic N) is 3. The van der Waals surface area contributed by atoms with Crippen LogP contribution in [0.5, 0.6) is 5.75 Å². The van der Waals surface area contributed by atoms with Crippen molar-refractivity contribution in [2.24, 2.45) is 5.10 Å². The van der Waals surface area contributed by atoms with E-state index in [4.69, 9.17) is 14.6 Å². The van der Waals surface area contributed by atoms with Crippen LogP contribution in [-0.4, -0.2) is 47.1 Å². The summed E-state index contributed by atoms with van der Waals surface area (Å²) >= 11 is 1.72. The Balaban J connectivity index is 1.47. The van der Waals surface area contributed by atoms with Crippen LogP contribution in [0.25, 0.3) is 0 Å². The fourth-order valence-corrected chi connectivity index (χ4v) is 5.13. The second-order valence-electron chi connectivity index (χ2n) is 7.36. The van der Waals surface area contributed by atoms with Gasteiger partial charge in [-0.3, -0.25) is 0 Å². The minimum atomic E-state index is -0.513. The minimum absolute atomic E-state index is 0.177. The van der Waals surface area contributed by atoms with E-state index in [1.54, 1.807) is 16.2 Å². The highest BCUT2D eigenvalue weighted by Crippen LogP contribution is 2.50. The van der Waals surface area contributed by atoms with Crippen molar-refractivity contribution in [1.29, 1.82) is 0 Å². The van der Waals surface area contributed by atoms with Gasteiger partial charge in [0.15, 0.2) is 0 Å². The molecule has 3 aliphatic rings. The van der Waals surface area contributed by atoms with Crippen molar-refractivity contribution in [3.8, 4) is 5.75 Å². The zero-order chi connectivity index (χ0) is 19.1. The Morgan fingerprint density at radius 3 is 2.86 bits per heavy atom. The van der Waals surface area contributed by atoms with Crippen molar-refractivity contribution < 1.29 is 14.3 Å². The van der Waals surface area contributed by atoms with Crippen LogP contribution in [0, 0.1) is 0 Å². The van der Waals surface area contributed by atoms with E-state index in [9.17, 15) is 4.79 Å². The summed E-state index contributed by atoms with van der Waals surface area (Å²) in [5.41, 5.74) is 1.80. The van der Waals surface area contributed by atoms with Gasteiger partial charge in [0.05, 0.1) is 23.2 Å². The number of likely N-dealkylation sites (tertiary alicyclic amines) is 1. The first-order valence-electron chi connectivity index (χ1n) is 9.80. The zero-order valence-corrected chi connectivity index (χ0v) is 16.7. The lowest BCUT2D eigenvalue weighted by Gasteiger charge is -2.50. The molecule has 0 saturated carbocycles. The van der Waals surface area contributed by atoms with Gasteiger partial charge >= 0.3 is 6.09 Å². The molecule has 2 aromatic rings. The van der Waals surface area contributed by atoms with Crippen molar-refractivity contribution in [2.75, 3.05) is 19.7 Å². The number of amides is 1. The molecule has 1 amide bonds. The maximum Gasteiger partial charge on any atom is 0.409 e. The predicted octanol–water partition coefficient (Wildman–Crippen LogP) is 4.24. The molecule has 0 N–H and O–H groups in total. The number of hydrogen-bond donors (Lipinski definition) is 0. The van der Waals surface area contributed by atoms with Crippen LogP contribution >= 0.6 is 11.3 Å². The van der Waals surface area contributed by atoms with Crippen molar-refractivity contribution in [1.82, 2.24) is 9.91 Å². The molecule has 4 heterocycles. The van der Waals surface area contributed by atoms with Gasteiger partial charge in [-0.05, 0) is 24.4 Å². The molecule has 1 aromatic heterocycles. The van der Waals surface area contributed by atoms with Crippen LogP contribution < -0.4 is 4.74 Å². The van der Waals surface area contributed by atoms with E-state index in [2.05, 4.69) is 40.7 Å². The lowest BCUT2D eigenvalue weighted by Crippen LogP contribution is -2.59. The SMILES string of the molecule is CCOC(=O)N1CCC2(CC1)Oc1ccccc1[C@H]1CC(c3cccs3)=NN12. The topological polar surface area (TPSA) is 54.4 Å². The van der Waals surface area contributed by atoms with Gasteiger partial charge in [-0.25, -0.2) is 9.80 Å². The molecule has 1 aromatic carbocycles. The van der Waals surface area contributed by atoms with E-state index in [1.165, 1.54) is 10.4 Å². The highest BCUT2D eigenvalue weighted by Gasteiger charge is 2.52. The second kappa shape index (κ2) is 6.81. The molecule has 0 radical (unpaired) electrons. The summed E-state index contributed by atoms with van der Waals surface area (Å²) in [6.07, 6.45) is 2.05. The molecule has 1 atom stereocenters. The Hall–Kier alpha value is -2.54. The number of hydrazone groups is 1. The second-order valence-corrected chi connectivity index (χ2v) is 8.31. The molecule has 5 rings (SSSR count). The molecule has 146 valence electrons. The van der Waals surface area contributed by atoms with Gasteiger partial charge in [0.25, 0.3) is 0 Å². The Labute approximate surface area is 168 Å². The number of fused-ring (bicyclic) bond motifs is 4. The predicted molar refractivity (Wildman–Crippen MR) is 108 cm³/mol. The lowest BCUT2D eigenvalue weighted by atomic mass is 9.91. The lowest BCUT2D eigenvalue weighted by molar-refractivity contribution is -0.147. The van der Waals surface area contributed by atoms with Gasteiger partial charge in [-0.2, -0.15) is 5.10 Å². The van der Waals surface area contributed by atoms with Gasteiger partial charge in [0, 0.05) is 37.9 Å². The molecule has 3 aliphatic heterocycles. The van der Waals surface area contributed by atoms with Crippen molar-refractivity contribution >= 4 is 23.1 Å². The molecule has 1 fully saturated rings. The van der Waals surface area contributed by atoms with Crippen molar-refractivity contribution in [3.63, 3.8) is 0 Å². The maximum absolute atomic E-state index is 12.1. The fourth-order valence-electron chi connectivity index (χ4n) is 4.40. The monoisotopic (exact) mass is 397 g/mol. The number of para-hydroxylation sites is 1. The van der Waals surface area contributed by atoms with Crippen LogP contribution in [0.4, 0.5) is 4.79 Å². The Bertz CT molecular complexity index is 903. The van der Waals surface area contributed by atoms with Gasteiger partial charge in [-0.15, -0.1) is 11.3 Å². The summed E-state index contributed by atoms with van der Waals surface area (Å²) in [6, 6.07) is 12.6. The molecular formula is C21H23N3O3S. The molecule has 1 spiro atoms. The first-order valence-corrected chi connectivity index (χ1v) is 10.7. The average Bonchev–Trinajstić information content (AvgIpc) is 3.39. The number of carbonyl (C=O) groups excluding carboxylic acids is 1. The highest BCUT2D eigenvalue weighted by molar-refractivity contribution is 7.12. The molecule has 0 unspecified atom stereocenters. The Kier molecular flexibility index (Phi) is 4.27. The number of rotatable bonds is 2. The maximum atomic E-state index is 12.1. The van der Waals surface area contributed by atoms with E-state index in [0.717, 1.165) is 17.9 Å². The van der Waals surface area contributed by atoms with Crippen LogP contribution in [0.1, 0.15) is 42.7 Å². The van der Waals surface area contributed by atoms with Gasteiger partial charge < -0.3 is 14.4 Å². The number of thiophene rings is 1. The Morgan fingerprint density at radius 1 is 1.29 bits per heavy atom. The third kappa shape index (κ3) is 2.76. The van der Waals surface area contributed by atoms with Crippen molar-refractivity contribution in [2.45, 2.75) is 38.0 Å². The summed E-state index contributed by atoms with van der Waals surface area (Å²) in [7, 11) is 0. The molecule has 0 bridgehead atoms. The molecule has 1 saturated heterocycles. The molecule has 6 nitrogen and oxygen atoms in total. The van der Waals surface area contributed by atoms with Crippen LogP contribution in [-0.2, 0) is 4.74 Å². The molecular weight excluding hydrogens is 374 g/mol. The van der Waals surface area contributed by atoms with Crippen LogP contribution in [0.3, 0.4) is 0 Å². The summed E-state index contributed by atoms with van der Waals surface area (Å²) < 4.78 is 11.7. The van der Waals surface area contributed by atoms with E-state index in [-0.39, 0.29) is 12.1 Å². The van der Waals surface area contributed by atoms with Gasteiger partial charge in [-0.1, -0.05) is 24.3 Å². The summed E-state index contributed by atoms with van der Waals surface area (Å²) in [4.78, 5) is 15.1. The van der Waals surface area contributed by atoms with E-state index >= 15 is 0 Å². The normalized spacial score (nSPS) is 22.3. The van der Waals surface area contributed by atoms with E-state index in [1.807, 2.05) is 13.0 Å². The standard InChI is InChI=1S/C21H23N3O3S/c1-2-26-20(25)23-11-9-21(10-12-23)24-17(15-6-3-4-7-18(15)27-21)14-16(22-24)19-8-5-13-28-19/h3-8,13,17H,2,9-12,14H2,1H3/t17-/m1/s1. The van der Waals surface area contributed by atoms with Crippen LogP contribution in [0.15, 0.2) is 46.9 Å². The quantitative estimate of drug-likeness (QED) is 0.761. The highest BCUT2D eigenvalue weighted by atomic mass is 32.1. The number of ether oxygens (including phenoxy) is 2. The smallest absolute Gasteiger partial charge is 0.409 e. The first-order chi connectivity index (χ1) is 13.7. The zero-order valence-electron chi connectivity index (χ0n) is 15.8. The Morgan fingerprint density at radius 2 is 2.11 bits per heavy atom. The third-order valence-electron chi connectivity index (χ3n) is 5.78. The summed E-state index contributed by atoms with van der Waals surface area (Å²) in [5.74, 6) is 0.941. The van der Waals surface area contributed by atoms with Crippen molar-refractivity contribution in [3.05, 3.63) is 52.2 Å². The number of benzene rings is 1. The molecule has 0 aliphatic carbocycles. The number of piperidine rings is 1. The van der Waals surface area contributed by atoms with Gasteiger partial charge in [0.1, 0.15) is 5.75 Å². The largest absolute Gasteiger partial charge is 0.466 e. The number of carbonyl (C=O) groups is 1. The van der Waals surface area contributed by atoms with E-state index < -0.39 is 5.72 Å². The molecule has 28 heavy (non-hydrogen) atoms. The van der Waals surface area contributed by atoms with Crippen LogP contribution in [0.2, 0.25) is 0 Å². The summed E-state index contributed by atoms with van der Waals surface area (Å²) in [5, 5.41) is 9.30. The molecule has 7 heteroatoms. The fraction of sp³-hybridized carbons (Fsp3) is 0.429. The number of hydrogen-bond acceptors (Lipinski definition) is 6. The minimum Gasteiger partial charge on any atom is -0.466 e. The summed E-state index contributed by atoms with van der Waals surface area (Å²) in [6.45, 7) is 3.44. The first kappa shape index (κ1) is 17.6. The average molecular weight is 398 g/mol.